The molecular weight excluding hydrogens is 319 g/mol. The Kier molecular flexibility index (Phi) is 4.61. The van der Waals surface area contributed by atoms with E-state index in [1.807, 2.05) is 24.3 Å². The van der Waals surface area contributed by atoms with Crippen molar-refractivity contribution in [2.75, 3.05) is 0 Å². The Labute approximate surface area is 117 Å². The first-order valence-electron chi connectivity index (χ1n) is 5.65. The number of benzene rings is 2. The summed E-state index contributed by atoms with van der Waals surface area (Å²) in [5.41, 5.74) is 1.41. The normalized spacial score (nSPS) is 10.7. The highest BCUT2D eigenvalue weighted by molar-refractivity contribution is 9.10. The molecule has 0 aromatic heterocycles. The second-order valence-corrected chi connectivity index (χ2v) is 5.02. The number of nitrogens with one attached hydrogen (secondary N) is 1. The highest BCUT2D eigenvalue weighted by Gasteiger charge is 2.10. The average molecular weight is 330 g/mol. The van der Waals surface area contributed by atoms with Gasteiger partial charge >= 0.3 is 0 Å². The van der Waals surface area contributed by atoms with Gasteiger partial charge in [-0.2, -0.15) is 0 Å². The minimum atomic E-state index is -1.43. The Morgan fingerprint density at radius 2 is 1.53 bits per heavy atom. The minimum Gasteiger partial charge on any atom is -0.309 e. The lowest BCUT2D eigenvalue weighted by Gasteiger charge is -2.06. The Morgan fingerprint density at radius 3 is 2.16 bits per heavy atom. The van der Waals surface area contributed by atoms with Crippen LogP contribution in [0.1, 0.15) is 11.1 Å². The van der Waals surface area contributed by atoms with E-state index in [1.165, 1.54) is 0 Å². The lowest BCUT2D eigenvalue weighted by atomic mass is 10.2. The summed E-state index contributed by atoms with van der Waals surface area (Å²) in [5.74, 6) is -3.77. The molecule has 0 amide bonds. The number of rotatable bonds is 4. The molecule has 2 aromatic carbocycles. The van der Waals surface area contributed by atoms with E-state index in [4.69, 9.17) is 0 Å². The summed E-state index contributed by atoms with van der Waals surface area (Å²) in [6.07, 6.45) is 0. The first-order valence-corrected chi connectivity index (χ1v) is 6.44. The van der Waals surface area contributed by atoms with E-state index in [2.05, 4.69) is 21.2 Å². The predicted octanol–water partition coefficient (Wildman–Crippen LogP) is 4.16. The molecule has 0 spiro atoms. The molecular formula is C14H11BrF3N. The molecule has 2 aromatic rings. The zero-order valence-corrected chi connectivity index (χ0v) is 11.5. The maximum atomic E-state index is 13.0. The largest absolute Gasteiger partial charge is 0.309 e. The molecule has 0 aliphatic carbocycles. The monoisotopic (exact) mass is 329 g/mol. The third-order valence-electron chi connectivity index (χ3n) is 2.59. The fourth-order valence-corrected chi connectivity index (χ4v) is 2.15. The van der Waals surface area contributed by atoms with E-state index in [9.17, 15) is 13.2 Å². The maximum absolute atomic E-state index is 13.0. The molecule has 19 heavy (non-hydrogen) atoms. The summed E-state index contributed by atoms with van der Waals surface area (Å²) in [4.78, 5) is 0. The van der Waals surface area contributed by atoms with Crippen LogP contribution in [0.4, 0.5) is 13.2 Å². The van der Waals surface area contributed by atoms with Gasteiger partial charge in [-0.05, 0) is 35.4 Å². The number of hydrogen-bond donors (Lipinski definition) is 1. The van der Waals surface area contributed by atoms with Crippen LogP contribution >= 0.6 is 15.9 Å². The number of halogens is 4. The lowest BCUT2D eigenvalue weighted by Crippen LogP contribution is -2.13. The van der Waals surface area contributed by atoms with E-state index in [1.54, 1.807) is 0 Å². The van der Waals surface area contributed by atoms with Crippen LogP contribution in [-0.2, 0) is 13.1 Å². The zero-order chi connectivity index (χ0) is 13.8. The Hall–Kier alpha value is -1.33. The molecule has 0 saturated heterocycles. The molecule has 2 rings (SSSR count). The van der Waals surface area contributed by atoms with Crippen molar-refractivity contribution in [3.8, 4) is 0 Å². The van der Waals surface area contributed by atoms with Gasteiger partial charge in [0.2, 0.25) is 0 Å². The van der Waals surface area contributed by atoms with Gasteiger partial charge in [-0.1, -0.05) is 28.1 Å². The van der Waals surface area contributed by atoms with Crippen molar-refractivity contribution >= 4 is 15.9 Å². The lowest BCUT2D eigenvalue weighted by molar-refractivity contribution is 0.444. The fourth-order valence-electron chi connectivity index (χ4n) is 1.71. The summed E-state index contributed by atoms with van der Waals surface area (Å²) in [5, 5.41) is 3.04. The third kappa shape index (κ3) is 3.81. The smallest absolute Gasteiger partial charge is 0.194 e. The molecule has 1 N–H and O–H groups in total. The van der Waals surface area contributed by atoms with E-state index < -0.39 is 17.5 Å². The van der Waals surface area contributed by atoms with Crippen LogP contribution in [0.2, 0.25) is 0 Å². The fraction of sp³-hybridized carbons (Fsp3) is 0.143. The summed E-state index contributed by atoms with van der Waals surface area (Å²) in [6, 6.07) is 9.67. The first kappa shape index (κ1) is 14.1. The van der Waals surface area contributed by atoms with Gasteiger partial charge in [0.15, 0.2) is 17.5 Å². The van der Waals surface area contributed by atoms with Crippen LogP contribution in [0, 0.1) is 17.5 Å². The van der Waals surface area contributed by atoms with E-state index >= 15 is 0 Å². The summed E-state index contributed by atoms with van der Waals surface area (Å²) in [6.45, 7) is 0.820. The number of hydrogen-bond acceptors (Lipinski definition) is 1. The molecule has 0 fully saturated rings. The van der Waals surface area contributed by atoms with Crippen molar-refractivity contribution in [1.82, 2.24) is 5.32 Å². The topological polar surface area (TPSA) is 12.0 Å². The quantitative estimate of drug-likeness (QED) is 0.830. The molecule has 0 saturated carbocycles. The highest BCUT2D eigenvalue weighted by atomic mass is 79.9. The SMILES string of the molecule is Fc1cc(CNCc2cccc(Br)c2)cc(F)c1F. The Morgan fingerprint density at radius 1 is 0.895 bits per heavy atom. The molecule has 100 valence electrons. The van der Waals surface area contributed by atoms with Gasteiger partial charge < -0.3 is 5.32 Å². The van der Waals surface area contributed by atoms with Gasteiger partial charge in [-0.15, -0.1) is 0 Å². The van der Waals surface area contributed by atoms with Crippen LogP contribution in [0.3, 0.4) is 0 Å². The van der Waals surface area contributed by atoms with E-state index in [0.717, 1.165) is 22.2 Å². The molecule has 0 aliphatic rings. The molecule has 0 unspecified atom stereocenters. The van der Waals surface area contributed by atoms with Crippen molar-refractivity contribution in [2.45, 2.75) is 13.1 Å². The van der Waals surface area contributed by atoms with Gasteiger partial charge in [0.1, 0.15) is 0 Å². The Balaban J connectivity index is 1.96. The van der Waals surface area contributed by atoms with Crippen LogP contribution in [0.5, 0.6) is 0 Å². The minimum absolute atomic E-state index is 0.265. The summed E-state index contributed by atoms with van der Waals surface area (Å²) < 4.78 is 39.7. The second kappa shape index (κ2) is 6.21. The predicted molar refractivity (Wildman–Crippen MR) is 71.0 cm³/mol. The molecule has 0 heterocycles. The van der Waals surface area contributed by atoms with Gasteiger partial charge in [0.05, 0.1) is 0 Å². The van der Waals surface area contributed by atoms with Crippen molar-refractivity contribution in [3.63, 3.8) is 0 Å². The highest BCUT2D eigenvalue weighted by Crippen LogP contribution is 2.14. The maximum Gasteiger partial charge on any atom is 0.194 e. The zero-order valence-electron chi connectivity index (χ0n) is 9.89. The third-order valence-corrected chi connectivity index (χ3v) is 3.08. The van der Waals surface area contributed by atoms with Crippen LogP contribution < -0.4 is 5.32 Å². The molecule has 0 atom stereocenters. The summed E-state index contributed by atoms with van der Waals surface area (Å²) in [7, 11) is 0. The van der Waals surface area contributed by atoms with Crippen LogP contribution in [-0.4, -0.2) is 0 Å². The summed E-state index contributed by atoms with van der Waals surface area (Å²) >= 11 is 3.36. The molecule has 0 bridgehead atoms. The van der Waals surface area contributed by atoms with Crippen LogP contribution in [0.25, 0.3) is 0 Å². The van der Waals surface area contributed by atoms with E-state index in [0.29, 0.717) is 12.1 Å². The van der Waals surface area contributed by atoms with Crippen molar-refractivity contribution in [3.05, 3.63) is 69.4 Å². The van der Waals surface area contributed by atoms with Crippen molar-refractivity contribution < 1.29 is 13.2 Å². The van der Waals surface area contributed by atoms with Crippen molar-refractivity contribution in [1.29, 1.82) is 0 Å². The van der Waals surface area contributed by atoms with Crippen molar-refractivity contribution in [2.24, 2.45) is 0 Å². The van der Waals surface area contributed by atoms with Gasteiger partial charge in [-0.25, -0.2) is 13.2 Å². The first-order chi connectivity index (χ1) is 9.06. The van der Waals surface area contributed by atoms with Crippen LogP contribution in [0.15, 0.2) is 40.9 Å². The molecule has 0 aliphatic heterocycles. The Bertz CT molecular complexity index is 564. The standard InChI is InChI=1S/C14H11BrF3N/c15-11-3-1-2-9(4-11)7-19-8-10-5-12(16)14(18)13(17)6-10/h1-6,19H,7-8H2. The van der Waals surface area contributed by atoms with E-state index in [-0.39, 0.29) is 6.54 Å². The average Bonchev–Trinajstić information content (AvgIpc) is 2.36. The van der Waals surface area contributed by atoms with Gasteiger partial charge in [-0.3, -0.25) is 0 Å². The van der Waals surface area contributed by atoms with Gasteiger partial charge in [0, 0.05) is 17.6 Å². The molecule has 1 nitrogen and oxygen atoms in total. The second-order valence-electron chi connectivity index (χ2n) is 4.11. The molecule has 0 radical (unpaired) electrons. The van der Waals surface area contributed by atoms with Gasteiger partial charge in [0.25, 0.3) is 0 Å². The molecule has 5 heteroatoms.